The first kappa shape index (κ1) is 19.0. The van der Waals surface area contributed by atoms with Crippen LogP contribution in [0.1, 0.15) is 38.3 Å². The van der Waals surface area contributed by atoms with Crippen LogP contribution < -0.4 is 15.5 Å². The number of thiazole rings is 1. The van der Waals surface area contributed by atoms with Gasteiger partial charge in [0.2, 0.25) is 0 Å². The lowest BCUT2D eigenvalue weighted by Crippen LogP contribution is -2.46. The molecule has 0 aliphatic heterocycles. The smallest absolute Gasteiger partial charge is 0.191 e. The molecule has 136 valence electrons. The third kappa shape index (κ3) is 5.34. The van der Waals surface area contributed by atoms with Gasteiger partial charge in [0.1, 0.15) is 0 Å². The van der Waals surface area contributed by atoms with Gasteiger partial charge in [0.15, 0.2) is 11.1 Å². The zero-order valence-electron chi connectivity index (χ0n) is 15.4. The van der Waals surface area contributed by atoms with Crippen molar-refractivity contribution in [3.05, 3.63) is 11.1 Å². The molecular weight excluding hydrogens is 322 g/mol. The molecule has 7 heteroatoms. The molecule has 0 spiro atoms. The van der Waals surface area contributed by atoms with Crippen LogP contribution in [0.15, 0.2) is 10.4 Å². The third-order valence-electron chi connectivity index (χ3n) is 4.55. The van der Waals surface area contributed by atoms with E-state index in [1.165, 1.54) is 19.3 Å². The third-order valence-corrected chi connectivity index (χ3v) is 5.60. The molecule has 0 atom stereocenters. The van der Waals surface area contributed by atoms with Crippen molar-refractivity contribution in [2.75, 3.05) is 45.8 Å². The summed E-state index contributed by atoms with van der Waals surface area (Å²) in [5.74, 6) is 0.876. The lowest BCUT2D eigenvalue weighted by molar-refractivity contribution is 0.0732. The van der Waals surface area contributed by atoms with Crippen molar-refractivity contribution >= 4 is 22.4 Å². The predicted octanol–water partition coefficient (Wildman–Crippen LogP) is 2.47. The second-order valence-corrected chi connectivity index (χ2v) is 7.50. The molecule has 0 amide bonds. The topological polar surface area (TPSA) is 61.8 Å². The second kappa shape index (κ2) is 9.22. The van der Waals surface area contributed by atoms with Gasteiger partial charge < -0.3 is 20.3 Å². The number of methoxy groups -OCH3 is 1. The van der Waals surface area contributed by atoms with Gasteiger partial charge in [-0.3, -0.25) is 0 Å². The molecular formula is C17H31N5OS. The molecule has 0 radical (unpaired) electrons. The molecule has 1 saturated carbocycles. The van der Waals surface area contributed by atoms with E-state index in [9.17, 15) is 0 Å². The molecule has 0 unspecified atom stereocenters. The molecule has 1 aromatic heterocycles. The van der Waals surface area contributed by atoms with Crippen LogP contribution >= 0.6 is 11.3 Å². The lowest BCUT2D eigenvalue weighted by Gasteiger charge is -2.42. The molecule has 1 aliphatic rings. The molecule has 0 aromatic carbocycles. The average Bonchev–Trinajstić information content (AvgIpc) is 3.00. The number of aliphatic imine (C=N–C) groups is 1. The van der Waals surface area contributed by atoms with Crippen molar-refractivity contribution in [2.24, 2.45) is 10.4 Å². The zero-order chi connectivity index (χ0) is 17.4. The van der Waals surface area contributed by atoms with Gasteiger partial charge in [-0.25, -0.2) is 9.98 Å². The van der Waals surface area contributed by atoms with E-state index in [1.807, 2.05) is 19.0 Å². The van der Waals surface area contributed by atoms with E-state index in [-0.39, 0.29) is 0 Å². The van der Waals surface area contributed by atoms with Gasteiger partial charge in [0, 0.05) is 46.3 Å². The lowest BCUT2D eigenvalue weighted by atomic mass is 9.67. The van der Waals surface area contributed by atoms with Crippen LogP contribution in [0.5, 0.6) is 0 Å². The maximum absolute atomic E-state index is 5.27. The normalized spacial score (nSPS) is 16.6. The van der Waals surface area contributed by atoms with Gasteiger partial charge in [-0.2, -0.15) is 0 Å². The SMILES string of the molecule is CCNC(=NCc1csc(N(C)C)n1)NCC1(CCOC)CCC1. The van der Waals surface area contributed by atoms with Crippen LogP contribution in [0.4, 0.5) is 5.13 Å². The monoisotopic (exact) mass is 353 g/mol. The van der Waals surface area contributed by atoms with Crippen molar-refractivity contribution < 1.29 is 4.74 Å². The van der Waals surface area contributed by atoms with Gasteiger partial charge in [0.25, 0.3) is 0 Å². The fraction of sp³-hybridized carbons (Fsp3) is 0.765. The average molecular weight is 354 g/mol. The van der Waals surface area contributed by atoms with E-state index in [0.29, 0.717) is 12.0 Å². The Morgan fingerprint density at radius 3 is 2.75 bits per heavy atom. The Bertz CT molecular complexity index is 525. The van der Waals surface area contributed by atoms with Crippen LogP contribution in [0.3, 0.4) is 0 Å². The van der Waals surface area contributed by atoms with E-state index in [2.05, 4.69) is 32.9 Å². The Kier molecular flexibility index (Phi) is 7.30. The first-order valence-corrected chi connectivity index (χ1v) is 9.59. The molecule has 0 saturated heterocycles. The quantitative estimate of drug-likeness (QED) is 0.527. The summed E-state index contributed by atoms with van der Waals surface area (Å²) in [6.45, 7) is 5.35. The van der Waals surface area contributed by atoms with Crippen LogP contribution in [0.2, 0.25) is 0 Å². The minimum Gasteiger partial charge on any atom is -0.385 e. The fourth-order valence-electron chi connectivity index (χ4n) is 2.86. The summed E-state index contributed by atoms with van der Waals surface area (Å²) in [4.78, 5) is 11.3. The minimum absolute atomic E-state index is 0.380. The summed E-state index contributed by atoms with van der Waals surface area (Å²) in [6.07, 6.45) is 5.00. The van der Waals surface area contributed by atoms with E-state index in [1.54, 1.807) is 18.4 Å². The number of aromatic nitrogens is 1. The number of guanidine groups is 1. The highest BCUT2D eigenvalue weighted by atomic mass is 32.1. The number of anilines is 1. The second-order valence-electron chi connectivity index (χ2n) is 6.66. The summed E-state index contributed by atoms with van der Waals surface area (Å²) in [5, 5.41) is 9.95. The maximum atomic E-state index is 5.27. The molecule has 0 bridgehead atoms. The van der Waals surface area contributed by atoms with E-state index >= 15 is 0 Å². The molecule has 1 aromatic rings. The van der Waals surface area contributed by atoms with Crippen LogP contribution in [-0.2, 0) is 11.3 Å². The number of hydrogen-bond acceptors (Lipinski definition) is 5. The molecule has 1 heterocycles. The Labute approximate surface area is 149 Å². The van der Waals surface area contributed by atoms with E-state index in [0.717, 1.165) is 42.9 Å². The Morgan fingerprint density at radius 2 is 2.21 bits per heavy atom. The van der Waals surface area contributed by atoms with Crippen molar-refractivity contribution in [3.63, 3.8) is 0 Å². The van der Waals surface area contributed by atoms with Crippen molar-refractivity contribution in [1.82, 2.24) is 15.6 Å². The summed E-state index contributed by atoms with van der Waals surface area (Å²) in [5.41, 5.74) is 1.39. The highest BCUT2D eigenvalue weighted by Gasteiger charge is 2.36. The van der Waals surface area contributed by atoms with Gasteiger partial charge in [-0.05, 0) is 31.6 Å². The van der Waals surface area contributed by atoms with Gasteiger partial charge in [-0.1, -0.05) is 6.42 Å². The standard InChI is InChI=1S/C17H31N5OS/c1-5-18-15(19-11-14-12-24-16(21-14)22(2)3)20-13-17(7-6-8-17)9-10-23-4/h12H,5-11,13H2,1-4H3,(H2,18,19,20). The summed E-state index contributed by atoms with van der Waals surface area (Å²) >= 11 is 1.65. The molecule has 1 aliphatic carbocycles. The van der Waals surface area contributed by atoms with Crippen LogP contribution in [0, 0.1) is 5.41 Å². The first-order chi connectivity index (χ1) is 11.6. The predicted molar refractivity (Wildman–Crippen MR) is 102 cm³/mol. The number of rotatable bonds is 9. The number of ether oxygens (including phenoxy) is 1. The number of nitrogens with zero attached hydrogens (tertiary/aromatic N) is 3. The van der Waals surface area contributed by atoms with E-state index < -0.39 is 0 Å². The Balaban J connectivity index is 1.90. The van der Waals surface area contributed by atoms with Gasteiger partial charge in [-0.15, -0.1) is 11.3 Å². The molecule has 2 N–H and O–H groups in total. The van der Waals surface area contributed by atoms with Gasteiger partial charge >= 0.3 is 0 Å². The zero-order valence-corrected chi connectivity index (χ0v) is 16.2. The van der Waals surface area contributed by atoms with Gasteiger partial charge in [0.05, 0.1) is 12.2 Å². The summed E-state index contributed by atoms with van der Waals surface area (Å²) in [7, 11) is 5.80. The highest BCUT2D eigenvalue weighted by molar-refractivity contribution is 7.13. The fourth-order valence-corrected chi connectivity index (χ4v) is 3.61. The maximum Gasteiger partial charge on any atom is 0.191 e. The summed E-state index contributed by atoms with van der Waals surface area (Å²) < 4.78 is 5.27. The van der Waals surface area contributed by atoms with Crippen LogP contribution in [0.25, 0.3) is 0 Å². The highest BCUT2D eigenvalue weighted by Crippen LogP contribution is 2.43. The Morgan fingerprint density at radius 1 is 1.42 bits per heavy atom. The van der Waals surface area contributed by atoms with Crippen molar-refractivity contribution in [1.29, 1.82) is 0 Å². The molecule has 24 heavy (non-hydrogen) atoms. The largest absolute Gasteiger partial charge is 0.385 e. The number of nitrogens with one attached hydrogen (secondary N) is 2. The summed E-state index contributed by atoms with van der Waals surface area (Å²) in [6, 6.07) is 0. The van der Waals surface area contributed by atoms with Crippen LogP contribution in [-0.4, -0.2) is 51.8 Å². The van der Waals surface area contributed by atoms with Crippen molar-refractivity contribution in [3.8, 4) is 0 Å². The molecule has 6 nitrogen and oxygen atoms in total. The molecule has 2 rings (SSSR count). The minimum atomic E-state index is 0.380. The van der Waals surface area contributed by atoms with E-state index in [4.69, 9.17) is 4.74 Å². The number of hydrogen-bond donors (Lipinski definition) is 2. The Hall–Kier alpha value is -1.34. The molecule has 1 fully saturated rings. The first-order valence-electron chi connectivity index (χ1n) is 8.71. The van der Waals surface area contributed by atoms with Crippen molar-refractivity contribution in [2.45, 2.75) is 39.2 Å².